The molecule has 164 valence electrons. The molecule has 8 nitrogen and oxygen atoms in total. The van der Waals surface area contributed by atoms with E-state index >= 15 is 0 Å². The van der Waals surface area contributed by atoms with Crippen LogP contribution in [-0.4, -0.2) is 64.4 Å². The van der Waals surface area contributed by atoms with E-state index < -0.39 is 30.1 Å². The van der Waals surface area contributed by atoms with E-state index in [-0.39, 0.29) is 36.8 Å². The molecule has 0 spiro atoms. The summed E-state index contributed by atoms with van der Waals surface area (Å²) in [5, 5.41) is 0. The Morgan fingerprint density at radius 2 is 2.13 bits per heavy atom. The molecule has 2 fully saturated rings. The van der Waals surface area contributed by atoms with Crippen molar-refractivity contribution in [1.82, 2.24) is 14.5 Å². The zero-order valence-corrected chi connectivity index (χ0v) is 16.5. The summed E-state index contributed by atoms with van der Waals surface area (Å²) < 4.78 is 48.3. The van der Waals surface area contributed by atoms with E-state index in [9.17, 15) is 22.8 Å². The third-order valence-corrected chi connectivity index (χ3v) is 6.07. The lowest BCUT2D eigenvalue weighted by Gasteiger charge is -2.39. The highest BCUT2D eigenvalue weighted by Crippen LogP contribution is 2.36. The van der Waals surface area contributed by atoms with E-state index in [0.29, 0.717) is 19.0 Å². The van der Waals surface area contributed by atoms with Gasteiger partial charge in [0, 0.05) is 25.4 Å². The summed E-state index contributed by atoms with van der Waals surface area (Å²) in [4.78, 5) is 36.7. The molecule has 2 aromatic rings. The number of morpholine rings is 1. The summed E-state index contributed by atoms with van der Waals surface area (Å²) in [5.41, 5.74) is -0.368. The Morgan fingerprint density at radius 1 is 1.29 bits per heavy atom. The van der Waals surface area contributed by atoms with Crippen LogP contribution in [0.1, 0.15) is 23.3 Å². The molecule has 31 heavy (non-hydrogen) atoms. The van der Waals surface area contributed by atoms with Crippen LogP contribution < -0.4 is 15.4 Å². The highest BCUT2D eigenvalue weighted by atomic mass is 19.4. The second-order valence-electron chi connectivity index (χ2n) is 8.01. The van der Waals surface area contributed by atoms with Gasteiger partial charge in [-0.05, 0) is 25.0 Å². The zero-order valence-electron chi connectivity index (χ0n) is 16.5. The zero-order chi connectivity index (χ0) is 21.8. The number of hydrogen-bond donors (Lipinski definition) is 0. The number of aromatic nitrogens is 3. The van der Waals surface area contributed by atoms with E-state index in [1.165, 1.54) is 22.9 Å². The lowest BCUT2D eigenvalue weighted by Crippen LogP contribution is -2.54. The second-order valence-corrected chi connectivity index (χ2v) is 8.01. The third kappa shape index (κ3) is 3.56. The quantitative estimate of drug-likeness (QED) is 0.676. The van der Waals surface area contributed by atoms with Crippen LogP contribution in [0.5, 0.6) is 0 Å². The average molecular weight is 435 g/mol. The van der Waals surface area contributed by atoms with Gasteiger partial charge in [-0.2, -0.15) is 18.2 Å². The molecule has 11 heteroatoms. The minimum Gasteiger partial charge on any atom is -0.374 e. The topological polar surface area (TPSA) is 80.6 Å². The third-order valence-electron chi connectivity index (χ3n) is 6.07. The Kier molecular flexibility index (Phi) is 4.72. The maximum absolute atomic E-state index is 13.9. The fraction of sp³-hybridized carbons (Fsp3) is 0.500. The van der Waals surface area contributed by atoms with Crippen molar-refractivity contribution in [2.45, 2.75) is 43.8 Å². The van der Waals surface area contributed by atoms with Crippen molar-refractivity contribution in [2.24, 2.45) is 0 Å². The lowest BCUT2D eigenvalue weighted by molar-refractivity contribution is -0.152. The van der Waals surface area contributed by atoms with Gasteiger partial charge in [0.05, 0.1) is 25.3 Å². The molecule has 0 amide bonds. The van der Waals surface area contributed by atoms with Crippen molar-refractivity contribution in [3.05, 3.63) is 46.5 Å². The highest BCUT2D eigenvalue weighted by Gasteiger charge is 2.48. The number of halogens is 3. The molecule has 0 aliphatic carbocycles. The number of ketones is 1. The molecule has 2 saturated heterocycles. The molecule has 0 radical (unpaired) electrons. The minimum atomic E-state index is -4.58. The van der Waals surface area contributed by atoms with Crippen molar-refractivity contribution >= 4 is 17.5 Å². The van der Waals surface area contributed by atoms with Crippen LogP contribution in [0.2, 0.25) is 0 Å². The van der Waals surface area contributed by atoms with Crippen molar-refractivity contribution in [1.29, 1.82) is 0 Å². The van der Waals surface area contributed by atoms with Crippen LogP contribution >= 0.6 is 0 Å². The fourth-order valence-electron chi connectivity index (χ4n) is 4.57. The summed E-state index contributed by atoms with van der Waals surface area (Å²) in [7, 11) is 0. The fourth-order valence-corrected chi connectivity index (χ4v) is 4.57. The summed E-state index contributed by atoms with van der Waals surface area (Å²) >= 11 is 0. The molecule has 0 saturated carbocycles. The maximum Gasteiger partial charge on any atom is 0.408 e. The SMILES string of the molecule is O=C(CN1c2nc(N3CC4CC3CO4)cc(=O)n2CC[C@H]1C(F)(F)F)c1ccccn1. The monoisotopic (exact) mass is 435 g/mol. The highest BCUT2D eigenvalue weighted by molar-refractivity contribution is 5.97. The van der Waals surface area contributed by atoms with E-state index in [2.05, 4.69) is 9.97 Å². The molecule has 0 N–H and O–H groups in total. The molecular weight excluding hydrogens is 415 g/mol. The van der Waals surface area contributed by atoms with Crippen molar-refractivity contribution in [3.8, 4) is 0 Å². The van der Waals surface area contributed by atoms with Gasteiger partial charge < -0.3 is 14.5 Å². The summed E-state index contributed by atoms with van der Waals surface area (Å²) in [5.74, 6) is -0.384. The number of carbonyl (C=O) groups is 1. The number of alkyl halides is 3. The van der Waals surface area contributed by atoms with Crippen molar-refractivity contribution in [3.63, 3.8) is 0 Å². The molecule has 3 atom stereocenters. The number of nitrogens with zero attached hydrogens (tertiary/aromatic N) is 5. The number of rotatable bonds is 4. The molecule has 5 heterocycles. The Morgan fingerprint density at radius 3 is 2.77 bits per heavy atom. The van der Waals surface area contributed by atoms with Crippen LogP contribution in [0.3, 0.4) is 0 Å². The summed E-state index contributed by atoms with van der Waals surface area (Å²) in [6.07, 6.45) is -2.67. The first-order valence-corrected chi connectivity index (χ1v) is 10.1. The number of fused-ring (bicyclic) bond motifs is 3. The molecule has 3 aliphatic heterocycles. The molecule has 2 bridgehead atoms. The van der Waals surface area contributed by atoms with Crippen molar-refractivity contribution in [2.75, 3.05) is 29.5 Å². The summed E-state index contributed by atoms with van der Waals surface area (Å²) in [6, 6.07) is 4.15. The number of hydrogen-bond acceptors (Lipinski definition) is 7. The van der Waals surface area contributed by atoms with E-state index in [1.54, 1.807) is 12.1 Å². The number of ether oxygens (including phenoxy) is 1. The van der Waals surface area contributed by atoms with E-state index in [0.717, 1.165) is 11.3 Å². The predicted molar refractivity (Wildman–Crippen MR) is 104 cm³/mol. The average Bonchev–Trinajstić information content (AvgIpc) is 3.37. The second kappa shape index (κ2) is 7.33. The van der Waals surface area contributed by atoms with E-state index in [1.807, 2.05) is 4.90 Å². The first kappa shape index (κ1) is 20.0. The van der Waals surface area contributed by atoms with Crippen LogP contribution in [0.15, 0.2) is 35.3 Å². The van der Waals surface area contributed by atoms with Crippen molar-refractivity contribution < 1.29 is 22.7 Å². The normalized spacial score (nSPS) is 25.1. The van der Waals surface area contributed by atoms with Gasteiger partial charge in [-0.3, -0.25) is 19.1 Å². The molecule has 2 unspecified atom stereocenters. The maximum atomic E-state index is 13.9. The smallest absolute Gasteiger partial charge is 0.374 e. The molecular formula is C20H20F3N5O3. The molecule has 0 aromatic carbocycles. The van der Waals surface area contributed by atoms with Gasteiger partial charge >= 0.3 is 6.18 Å². The number of carbonyl (C=O) groups excluding carboxylic acids is 1. The molecule has 5 rings (SSSR count). The first-order chi connectivity index (χ1) is 14.8. The Bertz CT molecular complexity index is 1060. The molecule has 3 aliphatic rings. The van der Waals surface area contributed by atoms with Gasteiger partial charge in [-0.25, -0.2) is 0 Å². The van der Waals surface area contributed by atoms with Crippen LogP contribution in [0.25, 0.3) is 0 Å². The molecule has 2 aromatic heterocycles. The van der Waals surface area contributed by atoms with Gasteiger partial charge in [-0.15, -0.1) is 0 Å². The van der Waals surface area contributed by atoms with Crippen LogP contribution in [0, 0.1) is 0 Å². The number of anilines is 2. The Labute approximate surface area is 175 Å². The predicted octanol–water partition coefficient (Wildman–Crippen LogP) is 1.64. The van der Waals surface area contributed by atoms with Gasteiger partial charge in [-0.1, -0.05) is 6.07 Å². The standard InChI is InChI=1S/C20H20F3N5O3/c21-20(22,23)16-4-6-26-18(30)8-17(27-9-13-7-12(27)11-31-13)25-19(26)28(16)10-15(29)14-3-1-2-5-24-14/h1-3,5,8,12-13,16H,4,6-7,9-11H2/t12?,13?,16-/m0/s1. The van der Waals surface area contributed by atoms with Gasteiger partial charge in [0.25, 0.3) is 5.56 Å². The lowest BCUT2D eigenvalue weighted by atomic mass is 10.1. The summed E-state index contributed by atoms with van der Waals surface area (Å²) in [6.45, 7) is 0.343. The number of pyridine rings is 1. The van der Waals surface area contributed by atoms with Crippen LogP contribution in [-0.2, 0) is 11.3 Å². The number of Topliss-reactive ketones (excluding diaryl/α,β-unsaturated/α-hetero) is 1. The van der Waals surface area contributed by atoms with Gasteiger partial charge in [0.15, 0.2) is 5.78 Å². The van der Waals surface area contributed by atoms with Gasteiger partial charge in [0.1, 0.15) is 17.6 Å². The Balaban J connectivity index is 1.54. The largest absolute Gasteiger partial charge is 0.408 e. The minimum absolute atomic E-state index is 0.0374. The van der Waals surface area contributed by atoms with Crippen LogP contribution in [0.4, 0.5) is 24.9 Å². The van der Waals surface area contributed by atoms with E-state index in [4.69, 9.17) is 4.74 Å². The first-order valence-electron chi connectivity index (χ1n) is 10.1. The Hall–Kier alpha value is -2.95. The van der Waals surface area contributed by atoms with Gasteiger partial charge in [0.2, 0.25) is 5.95 Å².